The second-order valence-electron chi connectivity index (χ2n) is 4.07. The van der Waals surface area contributed by atoms with Crippen LogP contribution < -0.4 is 5.32 Å². The summed E-state index contributed by atoms with van der Waals surface area (Å²) in [6, 6.07) is 2.05. The summed E-state index contributed by atoms with van der Waals surface area (Å²) in [6.45, 7) is 1.97. The van der Waals surface area contributed by atoms with Gasteiger partial charge in [0.05, 0.1) is 11.4 Å². The SMILES string of the molecule is Cc1nn(C)c(NCCS(=O)(=O)N(C)C)c1C#N. The highest BCUT2D eigenvalue weighted by Crippen LogP contribution is 2.16. The van der Waals surface area contributed by atoms with Crippen LogP contribution in [0.3, 0.4) is 0 Å². The van der Waals surface area contributed by atoms with Crippen LogP contribution in [0.1, 0.15) is 11.3 Å². The van der Waals surface area contributed by atoms with E-state index in [-0.39, 0.29) is 12.3 Å². The second kappa shape index (κ2) is 5.37. The zero-order chi connectivity index (χ0) is 13.9. The maximum absolute atomic E-state index is 11.6. The maximum Gasteiger partial charge on any atom is 0.215 e. The van der Waals surface area contributed by atoms with Crippen molar-refractivity contribution in [1.29, 1.82) is 5.26 Å². The summed E-state index contributed by atoms with van der Waals surface area (Å²) >= 11 is 0. The first-order valence-electron chi connectivity index (χ1n) is 5.37. The van der Waals surface area contributed by atoms with Gasteiger partial charge in [-0.3, -0.25) is 4.68 Å². The van der Waals surface area contributed by atoms with E-state index in [1.807, 2.05) is 6.07 Å². The highest BCUT2D eigenvalue weighted by molar-refractivity contribution is 7.89. The number of nitrogens with one attached hydrogen (secondary N) is 1. The van der Waals surface area contributed by atoms with Crippen LogP contribution in [0.5, 0.6) is 0 Å². The Bertz CT molecular complexity index is 568. The number of nitrogens with zero attached hydrogens (tertiary/aromatic N) is 4. The maximum atomic E-state index is 11.6. The van der Waals surface area contributed by atoms with E-state index in [0.29, 0.717) is 17.1 Å². The Morgan fingerprint density at radius 3 is 2.61 bits per heavy atom. The largest absolute Gasteiger partial charge is 0.368 e. The van der Waals surface area contributed by atoms with Gasteiger partial charge >= 0.3 is 0 Å². The van der Waals surface area contributed by atoms with E-state index in [4.69, 9.17) is 5.26 Å². The molecule has 1 aromatic heterocycles. The summed E-state index contributed by atoms with van der Waals surface area (Å²) in [7, 11) is 1.45. The Hall–Kier alpha value is -1.59. The minimum Gasteiger partial charge on any atom is -0.368 e. The quantitative estimate of drug-likeness (QED) is 0.807. The zero-order valence-electron chi connectivity index (χ0n) is 10.9. The summed E-state index contributed by atoms with van der Waals surface area (Å²) in [6.07, 6.45) is 0. The predicted molar refractivity (Wildman–Crippen MR) is 68.6 cm³/mol. The van der Waals surface area contributed by atoms with Gasteiger partial charge in [-0.05, 0) is 6.92 Å². The van der Waals surface area contributed by atoms with Crippen LogP contribution in [0.15, 0.2) is 0 Å². The highest BCUT2D eigenvalue weighted by atomic mass is 32.2. The lowest BCUT2D eigenvalue weighted by Crippen LogP contribution is -2.28. The van der Waals surface area contributed by atoms with Gasteiger partial charge in [0.25, 0.3) is 0 Å². The molecule has 0 aliphatic carbocycles. The predicted octanol–water partition coefficient (Wildman–Crippen LogP) is -0.0965. The lowest BCUT2D eigenvalue weighted by atomic mass is 10.2. The van der Waals surface area contributed by atoms with Crippen LogP contribution >= 0.6 is 0 Å². The standard InChI is InChI=1S/C10H17N5O2S/c1-8-9(7-11)10(15(4)13-8)12-5-6-18(16,17)14(2)3/h12H,5-6H2,1-4H3. The van der Waals surface area contributed by atoms with Gasteiger partial charge in [-0.15, -0.1) is 0 Å². The van der Waals surface area contributed by atoms with Crippen molar-refractivity contribution in [3.05, 3.63) is 11.3 Å². The van der Waals surface area contributed by atoms with E-state index in [9.17, 15) is 8.42 Å². The molecule has 1 N–H and O–H groups in total. The Balaban J connectivity index is 2.75. The topological polar surface area (TPSA) is 91.0 Å². The molecule has 1 heterocycles. The molecule has 0 bridgehead atoms. The molecule has 18 heavy (non-hydrogen) atoms. The van der Waals surface area contributed by atoms with Crippen molar-refractivity contribution in [2.75, 3.05) is 31.7 Å². The number of aromatic nitrogens is 2. The molecule has 0 saturated heterocycles. The highest BCUT2D eigenvalue weighted by Gasteiger charge is 2.16. The number of anilines is 1. The first kappa shape index (κ1) is 14.5. The molecule has 0 unspecified atom stereocenters. The molecule has 0 saturated carbocycles. The van der Waals surface area contributed by atoms with Crippen molar-refractivity contribution in [3.8, 4) is 6.07 Å². The van der Waals surface area contributed by atoms with Crippen LogP contribution in [0.4, 0.5) is 5.82 Å². The van der Waals surface area contributed by atoms with Gasteiger partial charge in [-0.25, -0.2) is 12.7 Å². The molecule has 0 fully saturated rings. The number of nitriles is 1. The lowest BCUT2D eigenvalue weighted by molar-refractivity contribution is 0.521. The van der Waals surface area contributed by atoms with Gasteiger partial charge in [0, 0.05) is 27.7 Å². The van der Waals surface area contributed by atoms with Crippen molar-refractivity contribution < 1.29 is 8.42 Å². The molecule has 100 valence electrons. The van der Waals surface area contributed by atoms with Crippen molar-refractivity contribution in [3.63, 3.8) is 0 Å². The van der Waals surface area contributed by atoms with Crippen molar-refractivity contribution in [2.24, 2.45) is 7.05 Å². The molecule has 0 aliphatic heterocycles. The van der Waals surface area contributed by atoms with Crippen LogP contribution in [0, 0.1) is 18.3 Å². The van der Waals surface area contributed by atoms with E-state index in [2.05, 4.69) is 10.4 Å². The van der Waals surface area contributed by atoms with Crippen LogP contribution in [-0.2, 0) is 17.1 Å². The van der Waals surface area contributed by atoms with E-state index in [1.54, 1.807) is 14.0 Å². The molecule has 7 nitrogen and oxygen atoms in total. The first-order chi connectivity index (χ1) is 8.29. The summed E-state index contributed by atoms with van der Waals surface area (Å²) in [4.78, 5) is 0. The van der Waals surface area contributed by atoms with Crippen LogP contribution in [0.25, 0.3) is 0 Å². The monoisotopic (exact) mass is 271 g/mol. The van der Waals surface area contributed by atoms with Crippen molar-refractivity contribution >= 4 is 15.8 Å². The fourth-order valence-electron chi connectivity index (χ4n) is 1.48. The Labute approximate surface area is 107 Å². The average molecular weight is 271 g/mol. The molecule has 0 spiro atoms. The third kappa shape index (κ3) is 3.00. The molecular weight excluding hydrogens is 254 g/mol. The van der Waals surface area contributed by atoms with Gasteiger partial charge in [0.1, 0.15) is 17.5 Å². The minimum atomic E-state index is -3.24. The Morgan fingerprint density at radius 2 is 2.11 bits per heavy atom. The van der Waals surface area contributed by atoms with Crippen LogP contribution in [-0.4, -0.2) is 48.9 Å². The number of sulfonamides is 1. The number of rotatable bonds is 5. The number of hydrogen-bond donors (Lipinski definition) is 1. The first-order valence-corrected chi connectivity index (χ1v) is 6.98. The normalized spacial score (nSPS) is 11.6. The summed E-state index contributed by atoms with van der Waals surface area (Å²) in [5.74, 6) is 0.513. The lowest BCUT2D eigenvalue weighted by Gasteiger charge is -2.12. The van der Waals surface area contributed by atoms with Crippen molar-refractivity contribution in [2.45, 2.75) is 6.92 Å². The molecule has 0 radical (unpaired) electrons. The molecule has 0 aromatic carbocycles. The molecule has 1 aromatic rings. The second-order valence-corrected chi connectivity index (χ2v) is 6.37. The number of hydrogen-bond acceptors (Lipinski definition) is 5. The molecule has 1 rings (SSSR count). The van der Waals surface area contributed by atoms with E-state index in [0.717, 1.165) is 0 Å². The molecule has 8 heteroatoms. The van der Waals surface area contributed by atoms with Gasteiger partial charge in [-0.1, -0.05) is 0 Å². The van der Waals surface area contributed by atoms with E-state index < -0.39 is 10.0 Å². The van der Waals surface area contributed by atoms with Crippen molar-refractivity contribution in [1.82, 2.24) is 14.1 Å². The average Bonchev–Trinajstić information content (AvgIpc) is 2.53. The summed E-state index contributed by atoms with van der Waals surface area (Å²) < 4.78 is 25.8. The van der Waals surface area contributed by atoms with E-state index >= 15 is 0 Å². The summed E-state index contributed by atoms with van der Waals surface area (Å²) in [5, 5.41) is 16.0. The fraction of sp³-hybridized carbons (Fsp3) is 0.600. The third-order valence-corrected chi connectivity index (χ3v) is 4.38. The van der Waals surface area contributed by atoms with Crippen LogP contribution in [0.2, 0.25) is 0 Å². The Morgan fingerprint density at radius 1 is 1.50 bits per heavy atom. The summed E-state index contributed by atoms with van der Waals surface area (Å²) in [5.41, 5.74) is 1.07. The van der Waals surface area contributed by atoms with Gasteiger partial charge in [0.15, 0.2) is 0 Å². The van der Waals surface area contributed by atoms with Gasteiger partial charge < -0.3 is 5.32 Å². The fourth-order valence-corrected chi connectivity index (χ4v) is 2.20. The van der Waals surface area contributed by atoms with Gasteiger partial charge in [-0.2, -0.15) is 10.4 Å². The molecular formula is C10H17N5O2S. The Kier molecular flexibility index (Phi) is 4.32. The zero-order valence-corrected chi connectivity index (χ0v) is 11.7. The van der Waals surface area contributed by atoms with Gasteiger partial charge in [0.2, 0.25) is 10.0 Å². The molecule has 0 atom stereocenters. The minimum absolute atomic E-state index is 0.0326. The molecule has 0 amide bonds. The number of aryl methyl sites for hydroxylation is 2. The smallest absolute Gasteiger partial charge is 0.215 e. The van der Waals surface area contributed by atoms with E-state index in [1.165, 1.54) is 23.1 Å². The molecule has 0 aliphatic rings. The third-order valence-electron chi connectivity index (χ3n) is 2.54.